The van der Waals surface area contributed by atoms with Crippen LogP contribution in [0, 0.1) is 10.5 Å². The predicted molar refractivity (Wildman–Crippen MR) is 69.3 cm³/mol. The second-order valence-electron chi connectivity index (χ2n) is 3.07. The monoisotopic (exact) mass is 362 g/mol. The summed E-state index contributed by atoms with van der Waals surface area (Å²) in [4.78, 5) is 0. The molecule has 1 aromatic heterocycles. The molecule has 72 valence electrons. The van der Waals surface area contributed by atoms with Gasteiger partial charge >= 0.3 is 0 Å². The van der Waals surface area contributed by atoms with Crippen LogP contribution in [0.4, 0.5) is 0 Å². The van der Waals surface area contributed by atoms with E-state index in [0.29, 0.717) is 0 Å². The maximum atomic E-state index is 5.50. The molecule has 0 N–H and O–H groups in total. The Hall–Kier alpha value is -0.290. The zero-order valence-corrected chi connectivity index (χ0v) is 11.3. The molecule has 1 aromatic carbocycles. The average Bonchev–Trinajstić information content (AvgIpc) is 2.50. The fourth-order valence-electron chi connectivity index (χ4n) is 1.23. The molecule has 0 saturated heterocycles. The van der Waals surface area contributed by atoms with Gasteiger partial charge in [0.25, 0.3) is 0 Å². The van der Waals surface area contributed by atoms with Crippen molar-refractivity contribution >= 4 is 38.5 Å². The minimum atomic E-state index is 0.954. The topological polar surface area (TPSA) is 13.1 Å². The van der Waals surface area contributed by atoms with Crippen LogP contribution >= 0.6 is 38.5 Å². The number of benzene rings is 1. The molecule has 14 heavy (non-hydrogen) atoms. The Morgan fingerprint density at radius 1 is 1.21 bits per heavy atom. The van der Waals surface area contributed by atoms with E-state index in [1.165, 1.54) is 9.13 Å². The minimum absolute atomic E-state index is 0.954. The van der Waals surface area contributed by atoms with E-state index >= 15 is 0 Å². The third-order valence-corrected chi connectivity index (χ3v) is 3.87. The average molecular weight is 363 g/mol. The molecule has 0 aliphatic heterocycles. The lowest BCUT2D eigenvalue weighted by Gasteiger charge is -1.98. The summed E-state index contributed by atoms with van der Waals surface area (Å²) in [7, 11) is 0. The van der Waals surface area contributed by atoms with Crippen LogP contribution in [-0.2, 0) is 0 Å². The van der Waals surface area contributed by atoms with Crippen molar-refractivity contribution in [3.63, 3.8) is 0 Å². The summed E-state index contributed by atoms with van der Waals surface area (Å²) in [6.45, 7) is 2.05. The van der Waals surface area contributed by atoms with Crippen LogP contribution in [0.2, 0.25) is 0 Å². The highest BCUT2D eigenvalue weighted by Crippen LogP contribution is 2.29. The third-order valence-electron chi connectivity index (χ3n) is 2.01. The van der Waals surface area contributed by atoms with Crippen LogP contribution in [-0.4, -0.2) is 0 Å². The zero-order valence-electron chi connectivity index (χ0n) is 7.55. The Kier molecular flexibility index (Phi) is 2.97. The highest BCUT2D eigenvalue weighted by atomic mass is 127. The van der Waals surface area contributed by atoms with Gasteiger partial charge in [0.15, 0.2) is 0 Å². The molecule has 0 amide bonds. The molecule has 0 radical (unpaired) electrons. The first-order valence-corrected chi connectivity index (χ1v) is 6.05. The fourth-order valence-corrected chi connectivity index (χ4v) is 2.06. The molecule has 0 spiro atoms. The van der Waals surface area contributed by atoms with Crippen LogP contribution in [0.1, 0.15) is 5.56 Å². The first kappa shape index (κ1) is 10.2. The van der Waals surface area contributed by atoms with E-state index in [1.54, 1.807) is 6.26 Å². The SMILES string of the molecule is Cc1coc(-c2ccc(Br)cc2)c1I. The van der Waals surface area contributed by atoms with E-state index in [4.69, 9.17) is 4.42 Å². The predicted octanol–water partition coefficient (Wildman–Crippen LogP) is 4.62. The van der Waals surface area contributed by atoms with Crippen molar-refractivity contribution in [1.29, 1.82) is 0 Å². The van der Waals surface area contributed by atoms with Crippen LogP contribution in [0.3, 0.4) is 0 Å². The van der Waals surface area contributed by atoms with E-state index in [1.807, 2.05) is 31.2 Å². The van der Waals surface area contributed by atoms with Crippen LogP contribution in [0.25, 0.3) is 11.3 Å². The maximum absolute atomic E-state index is 5.50. The normalized spacial score (nSPS) is 10.5. The largest absolute Gasteiger partial charge is 0.463 e. The maximum Gasteiger partial charge on any atom is 0.147 e. The minimum Gasteiger partial charge on any atom is -0.463 e. The molecule has 1 heterocycles. The van der Waals surface area contributed by atoms with Crippen LogP contribution < -0.4 is 0 Å². The molecule has 0 atom stereocenters. The van der Waals surface area contributed by atoms with Crippen molar-refractivity contribution in [3.05, 3.63) is 44.1 Å². The van der Waals surface area contributed by atoms with Crippen molar-refractivity contribution in [1.82, 2.24) is 0 Å². The molecule has 0 fully saturated rings. The Morgan fingerprint density at radius 2 is 1.86 bits per heavy atom. The molecule has 0 unspecified atom stereocenters. The van der Waals surface area contributed by atoms with E-state index in [0.717, 1.165) is 15.8 Å². The number of rotatable bonds is 1. The Balaban J connectivity index is 2.49. The molecule has 2 rings (SSSR count). The Bertz CT molecular complexity index is 445. The quantitative estimate of drug-likeness (QED) is 0.674. The lowest BCUT2D eigenvalue weighted by atomic mass is 10.1. The number of furan rings is 1. The number of hydrogen-bond donors (Lipinski definition) is 0. The second-order valence-corrected chi connectivity index (χ2v) is 5.06. The summed E-state index contributed by atoms with van der Waals surface area (Å²) in [5.41, 5.74) is 2.30. The smallest absolute Gasteiger partial charge is 0.147 e. The number of halogens is 2. The van der Waals surface area contributed by atoms with Crippen LogP contribution in [0.5, 0.6) is 0 Å². The standard InChI is InChI=1S/C11H8BrIO/c1-7-6-14-11(10(7)13)8-2-4-9(12)5-3-8/h2-6H,1H3. The molecule has 2 aromatic rings. The van der Waals surface area contributed by atoms with Gasteiger partial charge in [-0.15, -0.1) is 0 Å². The Labute approximate surface area is 105 Å². The van der Waals surface area contributed by atoms with Crippen molar-refractivity contribution in [3.8, 4) is 11.3 Å². The van der Waals surface area contributed by atoms with Gasteiger partial charge in [0.05, 0.1) is 9.83 Å². The van der Waals surface area contributed by atoms with Crippen molar-refractivity contribution in [2.45, 2.75) is 6.92 Å². The summed E-state index contributed by atoms with van der Waals surface area (Å²) >= 11 is 5.72. The van der Waals surface area contributed by atoms with Gasteiger partial charge in [0.2, 0.25) is 0 Å². The summed E-state index contributed by atoms with van der Waals surface area (Å²) in [5.74, 6) is 0.954. The summed E-state index contributed by atoms with van der Waals surface area (Å²) in [5, 5.41) is 0. The number of aryl methyl sites for hydroxylation is 1. The van der Waals surface area contributed by atoms with Crippen molar-refractivity contribution in [2.24, 2.45) is 0 Å². The number of hydrogen-bond acceptors (Lipinski definition) is 1. The van der Waals surface area contributed by atoms with Gasteiger partial charge in [-0.05, 0) is 41.6 Å². The van der Waals surface area contributed by atoms with Gasteiger partial charge in [-0.1, -0.05) is 28.1 Å². The van der Waals surface area contributed by atoms with Crippen LogP contribution in [0.15, 0.2) is 39.4 Å². The molecule has 0 saturated carbocycles. The second kappa shape index (κ2) is 4.06. The van der Waals surface area contributed by atoms with E-state index < -0.39 is 0 Å². The summed E-state index contributed by atoms with van der Waals surface area (Å²) < 4.78 is 7.77. The lowest BCUT2D eigenvalue weighted by molar-refractivity contribution is 0.579. The third kappa shape index (κ3) is 1.88. The van der Waals surface area contributed by atoms with Gasteiger partial charge in [0, 0.05) is 15.6 Å². The fraction of sp³-hybridized carbons (Fsp3) is 0.0909. The molecule has 1 nitrogen and oxygen atoms in total. The molecule has 0 aliphatic carbocycles. The van der Waals surface area contributed by atoms with Gasteiger partial charge in [0.1, 0.15) is 5.76 Å². The molecular formula is C11H8BrIO. The molecule has 3 heteroatoms. The first-order valence-electron chi connectivity index (χ1n) is 4.18. The van der Waals surface area contributed by atoms with Crippen molar-refractivity contribution in [2.75, 3.05) is 0 Å². The van der Waals surface area contributed by atoms with Gasteiger partial charge in [-0.25, -0.2) is 0 Å². The van der Waals surface area contributed by atoms with Crippen molar-refractivity contribution < 1.29 is 4.42 Å². The highest BCUT2D eigenvalue weighted by molar-refractivity contribution is 14.1. The summed E-state index contributed by atoms with van der Waals surface area (Å²) in [6, 6.07) is 8.13. The Morgan fingerprint density at radius 3 is 2.36 bits per heavy atom. The van der Waals surface area contributed by atoms with Gasteiger partial charge in [-0.3, -0.25) is 0 Å². The zero-order chi connectivity index (χ0) is 10.1. The van der Waals surface area contributed by atoms with Gasteiger partial charge < -0.3 is 4.42 Å². The molecule has 0 bridgehead atoms. The molecule has 0 aliphatic rings. The van der Waals surface area contributed by atoms with E-state index in [9.17, 15) is 0 Å². The van der Waals surface area contributed by atoms with Gasteiger partial charge in [-0.2, -0.15) is 0 Å². The first-order chi connectivity index (χ1) is 6.68. The van der Waals surface area contributed by atoms with E-state index in [-0.39, 0.29) is 0 Å². The molecular weight excluding hydrogens is 355 g/mol. The van der Waals surface area contributed by atoms with E-state index in [2.05, 4.69) is 38.5 Å². The highest BCUT2D eigenvalue weighted by Gasteiger charge is 2.09. The lowest BCUT2D eigenvalue weighted by Crippen LogP contribution is -1.77. The summed E-state index contributed by atoms with van der Waals surface area (Å²) in [6.07, 6.45) is 1.79.